The van der Waals surface area contributed by atoms with Gasteiger partial charge in [0.25, 0.3) is 5.69 Å². The fourth-order valence-corrected chi connectivity index (χ4v) is 3.38. The van der Waals surface area contributed by atoms with E-state index < -0.39 is 0 Å². The average Bonchev–Trinajstić information content (AvgIpc) is 2.62. The summed E-state index contributed by atoms with van der Waals surface area (Å²) < 4.78 is 0. The molecule has 2 aromatic carbocycles. The Morgan fingerprint density at radius 2 is 1.85 bits per heavy atom. The number of nitro groups is 1. The lowest BCUT2D eigenvalue weighted by atomic mass is 10.2. The van der Waals surface area contributed by atoms with Crippen LogP contribution in [0.3, 0.4) is 0 Å². The highest BCUT2D eigenvalue weighted by Crippen LogP contribution is 2.38. The standard InChI is InChI=1S/C18H17N5O2S/c1-12-20-10-13(18(19)22-12)11-21-14-6-2-4-8-16(14)26-17-9-5-3-7-15(17)23(24)25/h2-10,21H,11H2,1H3,(H2,19,20,22). The van der Waals surface area contributed by atoms with E-state index in [-0.39, 0.29) is 10.6 Å². The Morgan fingerprint density at radius 3 is 2.58 bits per heavy atom. The first-order valence-corrected chi connectivity index (χ1v) is 8.68. The average molecular weight is 367 g/mol. The minimum atomic E-state index is -0.372. The Hall–Kier alpha value is -3.13. The molecule has 0 radical (unpaired) electrons. The molecule has 1 heterocycles. The molecule has 8 heteroatoms. The molecule has 0 saturated carbocycles. The maximum Gasteiger partial charge on any atom is 0.283 e. The number of nitro benzene ring substituents is 1. The lowest BCUT2D eigenvalue weighted by molar-refractivity contribution is -0.387. The Bertz CT molecular complexity index is 948. The fourth-order valence-electron chi connectivity index (χ4n) is 2.35. The van der Waals surface area contributed by atoms with E-state index in [1.807, 2.05) is 24.3 Å². The number of nitrogen functional groups attached to an aromatic ring is 1. The first kappa shape index (κ1) is 17.7. The van der Waals surface area contributed by atoms with Gasteiger partial charge >= 0.3 is 0 Å². The van der Waals surface area contributed by atoms with Crippen LogP contribution < -0.4 is 11.1 Å². The van der Waals surface area contributed by atoms with Gasteiger partial charge in [0.2, 0.25) is 0 Å². The normalized spacial score (nSPS) is 10.5. The van der Waals surface area contributed by atoms with Crippen molar-refractivity contribution in [2.24, 2.45) is 0 Å². The van der Waals surface area contributed by atoms with Crippen LogP contribution in [0, 0.1) is 17.0 Å². The van der Waals surface area contributed by atoms with Gasteiger partial charge in [0.05, 0.1) is 9.82 Å². The van der Waals surface area contributed by atoms with Gasteiger partial charge in [-0.15, -0.1) is 0 Å². The van der Waals surface area contributed by atoms with Gasteiger partial charge in [0.15, 0.2) is 0 Å². The van der Waals surface area contributed by atoms with E-state index in [1.165, 1.54) is 17.8 Å². The third-order valence-corrected chi connectivity index (χ3v) is 4.80. The second-order valence-corrected chi connectivity index (χ2v) is 6.59. The molecule has 0 aliphatic carbocycles. The lowest BCUT2D eigenvalue weighted by Crippen LogP contribution is -2.07. The van der Waals surface area contributed by atoms with Crippen molar-refractivity contribution in [3.8, 4) is 0 Å². The minimum Gasteiger partial charge on any atom is -0.383 e. The second kappa shape index (κ2) is 7.83. The van der Waals surface area contributed by atoms with Crippen LogP contribution in [0.15, 0.2) is 64.5 Å². The van der Waals surface area contributed by atoms with Crippen LogP contribution in [0.1, 0.15) is 11.4 Å². The molecular formula is C18H17N5O2S. The maximum atomic E-state index is 11.2. The van der Waals surface area contributed by atoms with E-state index in [9.17, 15) is 10.1 Å². The number of rotatable bonds is 6. The van der Waals surface area contributed by atoms with Crippen molar-refractivity contribution in [3.05, 3.63) is 76.2 Å². The van der Waals surface area contributed by atoms with Gasteiger partial charge < -0.3 is 11.1 Å². The number of hydrogen-bond acceptors (Lipinski definition) is 7. The summed E-state index contributed by atoms with van der Waals surface area (Å²) in [6, 6.07) is 14.3. The van der Waals surface area contributed by atoms with Crippen LogP contribution in [0.4, 0.5) is 17.2 Å². The number of nitrogens with two attached hydrogens (primary N) is 1. The third-order valence-electron chi connectivity index (χ3n) is 3.66. The Labute approximate surface area is 154 Å². The molecule has 0 fully saturated rings. The summed E-state index contributed by atoms with van der Waals surface area (Å²) in [5, 5.41) is 14.5. The van der Waals surface area contributed by atoms with Crippen LogP contribution >= 0.6 is 11.8 Å². The molecule has 0 spiro atoms. The van der Waals surface area contributed by atoms with Gasteiger partial charge in [-0.2, -0.15) is 0 Å². The molecule has 0 unspecified atom stereocenters. The highest BCUT2D eigenvalue weighted by atomic mass is 32.2. The van der Waals surface area contributed by atoms with Gasteiger partial charge in [-0.25, -0.2) is 9.97 Å². The van der Waals surface area contributed by atoms with Crippen LogP contribution in [-0.2, 0) is 6.54 Å². The van der Waals surface area contributed by atoms with Gasteiger partial charge in [-0.05, 0) is 25.1 Å². The predicted octanol–water partition coefficient (Wildman–Crippen LogP) is 4.04. The van der Waals surface area contributed by atoms with Crippen LogP contribution in [-0.4, -0.2) is 14.9 Å². The van der Waals surface area contributed by atoms with Crippen molar-refractivity contribution in [3.63, 3.8) is 0 Å². The van der Waals surface area contributed by atoms with E-state index in [0.29, 0.717) is 23.1 Å². The van der Waals surface area contributed by atoms with Crippen LogP contribution in [0.5, 0.6) is 0 Å². The molecule has 26 heavy (non-hydrogen) atoms. The Kier molecular flexibility index (Phi) is 5.33. The van der Waals surface area contributed by atoms with Gasteiger partial charge in [-0.1, -0.05) is 36.0 Å². The summed E-state index contributed by atoms with van der Waals surface area (Å²) in [5.74, 6) is 1.06. The molecule has 0 atom stereocenters. The molecule has 3 N–H and O–H groups in total. The maximum absolute atomic E-state index is 11.2. The number of anilines is 2. The summed E-state index contributed by atoms with van der Waals surface area (Å²) in [4.78, 5) is 20.6. The lowest BCUT2D eigenvalue weighted by Gasteiger charge is -2.12. The number of aryl methyl sites for hydroxylation is 1. The molecule has 132 valence electrons. The first-order valence-electron chi connectivity index (χ1n) is 7.87. The SMILES string of the molecule is Cc1ncc(CNc2ccccc2Sc2ccccc2[N+](=O)[O-])c(N)n1. The third kappa shape index (κ3) is 4.09. The van der Waals surface area contributed by atoms with E-state index in [1.54, 1.807) is 31.3 Å². The van der Waals surface area contributed by atoms with E-state index in [0.717, 1.165) is 16.1 Å². The molecule has 7 nitrogen and oxygen atoms in total. The zero-order chi connectivity index (χ0) is 18.5. The highest BCUT2D eigenvalue weighted by molar-refractivity contribution is 7.99. The molecular weight excluding hydrogens is 350 g/mol. The number of nitrogens with zero attached hydrogens (tertiary/aromatic N) is 3. The smallest absolute Gasteiger partial charge is 0.283 e. The van der Waals surface area contributed by atoms with E-state index >= 15 is 0 Å². The molecule has 3 aromatic rings. The minimum absolute atomic E-state index is 0.0866. The zero-order valence-corrected chi connectivity index (χ0v) is 14.9. The molecule has 1 aromatic heterocycles. The summed E-state index contributed by atoms with van der Waals surface area (Å²) >= 11 is 1.34. The first-order chi connectivity index (χ1) is 12.5. The molecule has 0 aliphatic heterocycles. The monoisotopic (exact) mass is 367 g/mol. The highest BCUT2D eigenvalue weighted by Gasteiger charge is 2.15. The predicted molar refractivity (Wildman–Crippen MR) is 102 cm³/mol. The van der Waals surface area contributed by atoms with Crippen molar-refractivity contribution in [1.29, 1.82) is 0 Å². The molecule has 0 aliphatic rings. The summed E-state index contributed by atoms with van der Waals surface area (Å²) in [6.07, 6.45) is 1.70. The van der Waals surface area contributed by atoms with Crippen molar-refractivity contribution < 1.29 is 4.92 Å². The Balaban J connectivity index is 1.82. The molecule has 0 saturated heterocycles. The summed E-state index contributed by atoms with van der Waals surface area (Å²) in [6.45, 7) is 2.24. The van der Waals surface area contributed by atoms with Gasteiger partial charge in [-0.3, -0.25) is 10.1 Å². The summed E-state index contributed by atoms with van der Waals surface area (Å²) in [7, 11) is 0. The van der Waals surface area contributed by atoms with Gasteiger partial charge in [0.1, 0.15) is 11.6 Å². The summed E-state index contributed by atoms with van der Waals surface area (Å²) in [5.41, 5.74) is 7.67. The molecule has 0 bridgehead atoms. The van der Waals surface area contributed by atoms with Crippen LogP contribution in [0.25, 0.3) is 0 Å². The topological polar surface area (TPSA) is 107 Å². The Morgan fingerprint density at radius 1 is 1.15 bits per heavy atom. The van der Waals surface area contributed by atoms with Crippen molar-refractivity contribution in [2.45, 2.75) is 23.3 Å². The number of aromatic nitrogens is 2. The molecule has 0 amide bonds. The fraction of sp³-hybridized carbons (Fsp3) is 0.111. The number of nitrogens with one attached hydrogen (secondary N) is 1. The van der Waals surface area contributed by atoms with E-state index in [4.69, 9.17) is 5.73 Å². The van der Waals surface area contributed by atoms with Crippen molar-refractivity contribution in [1.82, 2.24) is 9.97 Å². The molecule has 3 rings (SSSR count). The number of para-hydroxylation sites is 2. The largest absolute Gasteiger partial charge is 0.383 e. The van der Waals surface area contributed by atoms with Crippen molar-refractivity contribution in [2.75, 3.05) is 11.1 Å². The second-order valence-electron chi connectivity index (χ2n) is 5.50. The van der Waals surface area contributed by atoms with E-state index in [2.05, 4.69) is 15.3 Å². The quantitative estimate of drug-likeness (QED) is 0.500. The zero-order valence-electron chi connectivity index (χ0n) is 14.0. The number of benzene rings is 2. The number of hydrogen-bond donors (Lipinski definition) is 2. The van der Waals surface area contributed by atoms with Crippen LogP contribution in [0.2, 0.25) is 0 Å². The van der Waals surface area contributed by atoms with Crippen molar-refractivity contribution >= 4 is 29.0 Å². The van der Waals surface area contributed by atoms with Gasteiger partial charge in [0, 0.05) is 35.0 Å².